The van der Waals surface area contributed by atoms with Gasteiger partial charge in [-0.05, 0) is 56.2 Å². The van der Waals surface area contributed by atoms with Gasteiger partial charge in [-0.3, -0.25) is 4.98 Å². The molecule has 0 fully saturated rings. The Morgan fingerprint density at radius 2 is 1.75 bits per heavy atom. The van der Waals surface area contributed by atoms with Crippen LogP contribution >= 0.6 is 0 Å². The number of anilines is 2. The Kier molecular flexibility index (Phi) is 5.08. The van der Waals surface area contributed by atoms with Crippen LogP contribution in [0, 0.1) is 6.92 Å². The van der Waals surface area contributed by atoms with Crippen molar-refractivity contribution in [3.8, 4) is 11.1 Å². The lowest BCUT2D eigenvalue weighted by molar-refractivity contribution is -0.141. The first kappa shape index (κ1) is 19.8. The fraction of sp³-hybridized carbons (Fsp3) is 0.250. The number of rotatable bonds is 4. The Morgan fingerprint density at radius 1 is 1.00 bits per heavy atom. The Hall–Kier alpha value is -3.00. The first-order chi connectivity index (χ1) is 13.0. The van der Waals surface area contributed by atoms with Crippen molar-refractivity contribution in [1.29, 1.82) is 0 Å². The molecule has 0 aliphatic rings. The molecule has 146 valence electrons. The molecule has 0 atom stereocenters. The molecule has 0 saturated carbocycles. The summed E-state index contributed by atoms with van der Waals surface area (Å²) in [5, 5.41) is 13.0. The van der Waals surface area contributed by atoms with E-state index in [1.165, 1.54) is 0 Å². The largest absolute Gasteiger partial charge is 0.433 e. The molecule has 3 aromatic rings. The average molecular weight is 388 g/mol. The Morgan fingerprint density at radius 3 is 2.43 bits per heavy atom. The summed E-state index contributed by atoms with van der Waals surface area (Å²) in [4.78, 5) is 11.6. The number of benzene rings is 1. The molecule has 2 N–H and O–H groups in total. The highest BCUT2D eigenvalue weighted by molar-refractivity contribution is 5.71. The van der Waals surface area contributed by atoms with Gasteiger partial charge in [-0.1, -0.05) is 6.07 Å². The maximum atomic E-state index is 12.8. The number of nitrogens with one attached hydrogen (secondary N) is 1. The van der Waals surface area contributed by atoms with Crippen molar-refractivity contribution in [2.24, 2.45) is 0 Å². The van der Waals surface area contributed by atoms with Gasteiger partial charge in [0.1, 0.15) is 5.69 Å². The zero-order valence-corrected chi connectivity index (χ0v) is 15.5. The van der Waals surface area contributed by atoms with Crippen LogP contribution in [0.5, 0.6) is 0 Å². The van der Waals surface area contributed by atoms with Crippen LogP contribution in [-0.4, -0.2) is 20.1 Å². The van der Waals surface area contributed by atoms with E-state index in [9.17, 15) is 18.3 Å². The van der Waals surface area contributed by atoms with Crippen LogP contribution in [0.3, 0.4) is 0 Å². The molecule has 1 aromatic carbocycles. The van der Waals surface area contributed by atoms with E-state index in [1.807, 2.05) is 19.1 Å². The second kappa shape index (κ2) is 7.20. The maximum Gasteiger partial charge on any atom is 0.433 e. The van der Waals surface area contributed by atoms with Gasteiger partial charge < -0.3 is 10.4 Å². The predicted octanol–water partition coefficient (Wildman–Crippen LogP) is 4.84. The van der Waals surface area contributed by atoms with E-state index in [2.05, 4.69) is 20.3 Å². The molecule has 2 aromatic heterocycles. The lowest BCUT2D eigenvalue weighted by Crippen LogP contribution is -2.15. The highest BCUT2D eigenvalue weighted by Crippen LogP contribution is 2.30. The van der Waals surface area contributed by atoms with Crippen molar-refractivity contribution in [3.05, 3.63) is 65.7 Å². The standard InChI is InChI=1S/C20H19F3N4O/c1-12-6-13(14-8-15(11-24-10-14)19(2,3)28)9-16(7-12)26-18-25-5-4-17(27-18)20(21,22)23/h4-11,28H,1-3H3,(H,25,26,27). The predicted molar refractivity (Wildman–Crippen MR) is 100.0 cm³/mol. The fourth-order valence-electron chi connectivity index (χ4n) is 2.66. The number of hydrogen-bond acceptors (Lipinski definition) is 5. The number of pyridine rings is 1. The van der Waals surface area contributed by atoms with E-state index in [-0.39, 0.29) is 5.95 Å². The van der Waals surface area contributed by atoms with Gasteiger partial charge in [0.15, 0.2) is 0 Å². The lowest BCUT2D eigenvalue weighted by atomic mass is 9.96. The molecule has 2 heterocycles. The minimum absolute atomic E-state index is 0.144. The lowest BCUT2D eigenvalue weighted by Gasteiger charge is -2.18. The van der Waals surface area contributed by atoms with Crippen LogP contribution in [0.25, 0.3) is 11.1 Å². The number of nitrogens with zero attached hydrogens (tertiary/aromatic N) is 3. The third kappa shape index (κ3) is 4.64. The van der Waals surface area contributed by atoms with Crippen molar-refractivity contribution >= 4 is 11.6 Å². The average Bonchev–Trinajstić information content (AvgIpc) is 2.60. The minimum atomic E-state index is -4.54. The molecule has 0 radical (unpaired) electrons. The van der Waals surface area contributed by atoms with Crippen molar-refractivity contribution in [2.45, 2.75) is 32.5 Å². The van der Waals surface area contributed by atoms with Gasteiger partial charge in [0.2, 0.25) is 5.95 Å². The number of halogens is 3. The molecule has 0 amide bonds. The second-order valence-electron chi connectivity index (χ2n) is 7.00. The van der Waals surface area contributed by atoms with Crippen molar-refractivity contribution in [3.63, 3.8) is 0 Å². The maximum absolute atomic E-state index is 12.8. The Bertz CT molecular complexity index is 997. The van der Waals surface area contributed by atoms with Gasteiger partial charge in [0.05, 0.1) is 5.60 Å². The second-order valence-corrected chi connectivity index (χ2v) is 7.00. The Balaban J connectivity index is 1.95. The summed E-state index contributed by atoms with van der Waals surface area (Å²) in [5.41, 5.74) is 1.61. The highest BCUT2D eigenvalue weighted by atomic mass is 19.4. The first-order valence-electron chi connectivity index (χ1n) is 8.49. The number of aromatic nitrogens is 3. The normalized spacial score (nSPS) is 12.1. The van der Waals surface area contributed by atoms with Crippen LogP contribution in [0.2, 0.25) is 0 Å². The van der Waals surface area contributed by atoms with Gasteiger partial charge in [0, 0.05) is 35.4 Å². The van der Waals surface area contributed by atoms with Crippen molar-refractivity contribution in [2.75, 3.05) is 5.32 Å². The monoisotopic (exact) mass is 388 g/mol. The number of aliphatic hydroxyl groups is 1. The molecule has 28 heavy (non-hydrogen) atoms. The van der Waals surface area contributed by atoms with E-state index >= 15 is 0 Å². The summed E-state index contributed by atoms with van der Waals surface area (Å²) in [6, 6.07) is 8.11. The molecule has 0 unspecified atom stereocenters. The van der Waals surface area contributed by atoms with Crippen LogP contribution in [-0.2, 0) is 11.8 Å². The summed E-state index contributed by atoms with van der Waals surface area (Å²) in [6.45, 7) is 5.21. The van der Waals surface area contributed by atoms with Crippen LogP contribution in [0.15, 0.2) is 48.9 Å². The molecular weight excluding hydrogens is 369 g/mol. The SMILES string of the molecule is Cc1cc(Nc2nccc(C(F)(F)F)n2)cc(-c2cncc(C(C)(C)O)c2)c1. The molecule has 0 aliphatic carbocycles. The van der Waals surface area contributed by atoms with E-state index in [1.54, 1.807) is 38.4 Å². The number of alkyl halides is 3. The van der Waals surface area contributed by atoms with Gasteiger partial charge in [-0.25, -0.2) is 9.97 Å². The summed E-state index contributed by atoms with van der Waals surface area (Å²) in [5.74, 6) is -0.144. The summed E-state index contributed by atoms with van der Waals surface area (Å²) in [7, 11) is 0. The minimum Gasteiger partial charge on any atom is -0.386 e. The molecule has 3 rings (SSSR count). The van der Waals surface area contributed by atoms with Crippen molar-refractivity contribution < 1.29 is 18.3 Å². The molecule has 0 aliphatic heterocycles. The fourth-order valence-corrected chi connectivity index (χ4v) is 2.66. The van der Waals surface area contributed by atoms with E-state index in [0.29, 0.717) is 11.3 Å². The molecule has 8 heteroatoms. The quantitative estimate of drug-likeness (QED) is 0.669. The number of aryl methyl sites for hydroxylation is 1. The zero-order valence-electron chi connectivity index (χ0n) is 15.5. The van der Waals surface area contributed by atoms with Gasteiger partial charge in [-0.15, -0.1) is 0 Å². The van der Waals surface area contributed by atoms with Gasteiger partial charge >= 0.3 is 6.18 Å². The summed E-state index contributed by atoms with van der Waals surface area (Å²) >= 11 is 0. The molecule has 5 nitrogen and oxygen atoms in total. The summed E-state index contributed by atoms with van der Waals surface area (Å²) < 4.78 is 38.5. The van der Waals surface area contributed by atoms with Crippen LogP contribution in [0.1, 0.15) is 30.7 Å². The Labute approximate surface area is 160 Å². The molecule has 0 bridgehead atoms. The van der Waals surface area contributed by atoms with Crippen LogP contribution in [0.4, 0.5) is 24.8 Å². The zero-order chi connectivity index (χ0) is 20.5. The highest BCUT2D eigenvalue weighted by Gasteiger charge is 2.32. The third-order valence-corrected chi connectivity index (χ3v) is 4.06. The first-order valence-corrected chi connectivity index (χ1v) is 8.49. The summed E-state index contributed by atoms with van der Waals surface area (Å²) in [6.07, 6.45) is -0.227. The smallest absolute Gasteiger partial charge is 0.386 e. The van der Waals surface area contributed by atoms with Crippen molar-refractivity contribution in [1.82, 2.24) is 15.0 Å². The third-order valence-electron chi connectivity index (χ3n) is 4.06. The van der Waals surface area contributed by atoms with Crippen LogP contribution < -0.4 is 5.32 Å². The van der Waals surface area contributed by atoms with E-state index < -0.39 is 17.5 Å². The van der Waals surface area contributed by atoms with Gasteiger partial charge in [-0.2, -0.15) is 13.2 Å². The van der Waals surface area contributed by atoms with E-state index in [0.717, 1.165) is 29.0 Å². The van der Waals surface area contributed by atoms with Gasteiger partial charge in [0.25, 0.3) is 0 Å². The number of hydrogen-bond donors (Lipinski definition) is 2. The molecule has 0 spiro atoms. The molecular formula is C20H19F3N4O. The molecule has 0 saturated heterocycles. The topological polar surface area (TPSA) is 70.9 Å². The van der Waals surface area contributed by atoms with E-state index in [4.69, 9.17) is 0 Å².